The van der Waals surface area contributed by atoms with Gasteiger partial charge in [0.2, 0.25) is 0 Å². The summed E-state index contributed by atoms with van der Waals surface area (Å²) in [5.74, 6) is -1.22. The lowest BCUT2D eigenvalue weighted by atomic mass is 9.92. The number of aliphatic carboxylic acids is 1. The van der Waals surface area contributed by atoms with Crippen LogP contribution in [0.1, 0.15) is 29.8 Å². The molecule has 0 aromatic carbocycles. The molecular formula is C10H14N4O3. The van der Waals surface area contributed by atoms with Crippen molar-refractivity contribution in [2.45, 2.75) is 31.8 Å². The van der Waals surface area contributed by atoms with Gasteiger partial charge in [-0.15, -0.1) is 5.10 Å². The van der Waals surface area contributed by atoms with E-state index in [2.05, 4.69) is 10.3 Å². The predicted octanol–water partition coefficient (Wildman–Crippen LogP) is -0.0128. The Morgan fingerprint density at radius 1 is 1.59 bits per heavy atom. The Kier molecular flexibility index (Phi) is 3.08. The second-order valence-electron chi connectivity index (χ2n) is 4.20. The van der Waals surface area contributed by atoms with E-state index in [0.29, 0.717) is 0 Å². The standard InChI is InChI=1S/C10H14N4O3/c1-13(7-3-2-4-7)10(17)8-5-14(12-11-8)6-9(15)16/h5,7H,2-4,6H2,1H3,(H,15,16). The van der Waals surface area contributed by atoms with E-state index in [1.165, 1.54) is 6.20 Å². The Morgan fingerprint density at radius 2 is 2.29 bits per heavy atom. The molecule has 1 fully saturated rings. The number of hydrogen-bond acceptors (Lipinski definition) is 4. The molecule has 0 atom stereocenters. The number of carboxylic acids is 1. The summed E-state index contributed by atoms with van der Waals surface area (Å²) in [5.41, 5.74) is 0.195. The molecule has 7 nitrogen and oxygen atoms in total. The summed E-state index contributed by atoms with van der Waals surface area (Å²) in [5, 5.41) is 15.9. The molecule has 0 spiro atoms. The predicted molar refractivity (Wildman–Crippen MR) is 57.4 cm³/mol. The molecule has 1 aromatic heterocycles. The van der Waals surface area contributed by atoms with Crippen molar-refractivity contribution < 1.29 is 14.7 Å². The van der Waals surface area contributed by atoms with Crippen LogP contribution in [0, 0.1) is 0 Å². The normalized spacial score (nSPS) is 15.4. The number of nitrogens with zero attached hydrogens (tertiary/aromatic N) is 4. The highest BCUT2D eigenvalue weighted by atomic mass is 16.4. The molecule has 17 heavy (non-hydrogen) atoms. The van der Waals surface area contributed by atoms with E-state index in [1.807, 2.05) is 0 Å². The highest BCUT2D eigenvalue weighted by molar-refractivity contribution is 5.92. The monoisotopic (exact) mass is 238 g/mol. The average Bonchev–Trinajstić information content (AvgIpc) is 2.61. The number of carbonyl (C=O) groups excluding carboxylic acids is 1. The molecule has 7 heteroatoms. The van der Waals surface area contributed by atoms with Gasteiger partial charge in [0.25, 0.3) is 5.91 Å². The van der Waals surface area contributed by atoms with Crippen LogP contribution in [0.3, 0.4) is 0 Å². The zero-order valence-electron chi connectivity index (χ0n) is 9.54. The van der Waals surface area contributed by atoms with E-state index in [4.69, 9.17) is 5.11 Å². The van der Waals surface area contributed by atoms with Crippen molar-refractivity contribution in [1.29, 1.82) is 0 Å². The Hall–Kier alpha value is -1.92. The van der Waals surface area contributed by atoms with Crippen LogP contribution >= 0.6 is 0 Å². The minimum absolute atomic E-state index is 0.195. The maximum absolute atomic E-state index is 11.9. The van der Waals surface area contributed by atoms with Gasteiger partial charge >= 0.3 is 5.97 Å². The van der Waals surface area contributed by atoms with Gasteiger partial charge in [-0.3, -0.25) is 9.59 Å². The van der Waals surface area contributed by atoms with E-state index in [9.17, 15) is 9.59 Å². The zero-order valence-corrected chi connectivity index (χ0v) is 9.54. The summed E-state index contributed by atoms with van der Waals surface area (Å²) in [7, 11) is 1.74. The molecule has 0 bridgehead atoms. The largest absolute Gasteiger partial charge is 0.480 e. The molecule has 1 amide bonds. The quantitative estimate of drug-likeness (QED) is 0.796. The van der Waals surface area contributed by atoms with E-state index < -0.39 is 5.97 Å². The van der Waals surface area contributed by atoms with Crippen molar-refractivity contribution >= 4 is 11.9 Å². The molecule has 0 unspecified atom stereocenters. The highest BCUT2D eigenvalue weighted by Crippen LogP contribution is 2.24. The van der Waals surface area contributed by atoms with Gasteiger partial charge in [-0.05, 0) is 19.3 Å². The van der Waals surface area contributed by atoms with E-state index in [1.54, 1.807) is 11.9 Å². The Bertz CT molecular complexity index is 439. The number of amides is 1. The molecule has 92 valence electrons. The number of aromatic nitrogens is 3. The van der Waals surface area contributed by atoms with Crippen molar-refractivity contribution in [3.05, 3.63) is 11.9 Å². The van der Waals surface area contributed by atoms with Gasteiger partial charge in [-0.25, -0.2) is 4.68 Å². The van der Waals surface area contributed by atoms with Crippen LogP contribution in [0.25, 0.3) is 0 Å². The van der Waals surface area contributed by atoms with Gasteiger partial charge < -0.3 is 10.0 Å². The first-order chi connectivity index (χ1) is 8.08. The summed E-state index contributed by atoms with van der Waals surface area (Å²) < 4.78 is 1.14. The topological polar surface area (TPSA) is 88.3 Å². The Labute approximate surface area is 98.0 Å². The van der Waals surface area contributed by atoms with Gasteiger partial charge in [-0.2, -0.15) is 0 Å². The maximum Gasteiger partial charge on any atom is 0.325 e. The molecule has 0 saturated heterocycles. The van der Waals surface area contributed by atoms with Crippen molar-refractivity contribution in [3.8, 4) is 0 Å². The van der Waals surface area contributed by atoms with Gasteiger partial charge in [0.15, 0.2) is 5.69 Å². The van der Waals surface area contributed by atoms with Gasteiger partial charge in [0.05, 0.1) is 6.20 Å². The van der Waals surface area contributed by atoms with E-state index >= 15 is 0 Å². The molecule has 1 heterocycles. The molecule has 0 aliphatic heterocycles. The fourth-order valence-corrected chi connectivity index (χ4v) is 1.73. The lowest BCUT2D eigenvalue weighted by molar-refractivity contribution is -0.137. The van der Waals surface area contributed by atoms with Gasteiger partial charge in [0.1, 0.15) is 6.54 Å². The molecule has 0 radical (unpaired) electrons. The zero-order chi connectivity index (χ0) is 12.4. The molecule has 1 aromatic rings. The molecule has 1 saturated carbocycles. The number of carboxylic acid groups (broad SMARTS) is 1. The molecular weight excluding hydrogens is 224 g/mol. The van der Waals surface area contributed by atoms with Crippen LogP contribution in [0.5, 0.6) is 0 Å². The maximum atomic E-state index is 11.9. The van der Waals surface area contributed by atoms with Crippen molar-refractivity contribution in [2.75, 3.05) is 7.05 Å². The van der Waals surface area contributed by atoms with Gasteiger partial charge in [-0.1, -0.05) is 5.21 Å². The minimum Gasteiger partial charge on any atom is -0.480 e. The molecule has 1 aliphatic rings. The fourth-order valence-electron chi connectivity index (χ4n) is 1.73. The summed E-state index contributed by atoms with van der Waals surface area (Å²) in [6.45, 7) is -0.284. The summed E-state index contributed by atoms with van der Waals surface area (Å²) >= 11 is 0. The number of hydrogen-bond donors (Lipinski definition) is 1. The van der Waals surface area contributed by atoms with Crippen LogP contribution < -0.4 is 0 Å². The second kappa shape index (κ2) is 4.52. The van der Waals surface area contributed by atoms with Crippen LogP contribution in [0.4, 0.5) is 0 Å². The SMILES string of the molecule is CN(C(=O)c1cn(CC(=O)O)nn1)C1CCC1. The fraction of sp³-hybridized carbons (Fsp3) is 0.600. The Balaban J connectivity index is 2.03. The van der Waals surface area contributed by atoms with E-state index in [-0.39, 0.29) is 24.2 Å². The first-order valence-electron chi connectivity index (χ1n) is 5.47. The second-order valence-corrected chi connectivity index (χ2v) is 4.20. The van der Waals surface area contributed by atoms with Crippen LogP contribution in [0.15, 0.2) is 6.20 Å². The lowest BCUT2D eigenvalue weighted by Crippen LogP contribution is -2.41. The first-order valence-corrected chi connectivity index (χ1v) is 5.47. The van der Waals surface area contributed by atoms with Crippen LogP contribution in [-0.2, 0) is 11.3 Å². The summed E-state index contributed by atoms with van der Waals surface area (Å²) in [6, 6.07) is 0.284. The van der Waals surface area contributed by atoms with Crippen molar-refractivity contribution in [2.24, 2.45) is 0 Å². The minimum atomic E-state index is -1.01. The first kappa shape index (κ1) is 11.6. The highest BCUT2D eigenvalue weighted by Gasteiger charge is 2.27. The average molecular weight is 238 g/mol. The van der Waals surface area contributed by atoms with Gasteiger partial charge in [0, 0.05) is 13.1 Å². The summed E-state index contributed by atoms with van der Waals surface area (Å²) in [4.78, 5) is 24.1. The van der Waals surface area contributed by atoms with Crippen LogP contribution in [-0.4, -0.2) is 50.0 Å². The third-order valence-electron chi connectivity index (χ3n) is 3.00. The third-order valence-corrected chi connectivity index (χ3v) is 3.00. The lowest BCUT2D eigenvalue weighted by Gasteiger charge is -2.34. The molecule has 2 rings (SSSR count). The molecule has 1 N–H and O–H groups in total. The summed E-state index contributed by atoms with van der Waals surface area (Å²) in [6.07, 6.45) is 4.55. The number of carbonyl (C=O) groups is 2. The smallest absolute Gasteiger partial charge is 0.325 e. The van der Waals surface area contributed by atoms with Crippen molar-refractivity contribution in [1.82, 2.24) is 19.9 Å². The number of rotatable bonds is 4. The third kappa shape index (κ3) is 2.43. The van der Waals surface area contributed by atoms with Crippen LogP contribution in [0.2, 0.25) is 0 Å². The van der Waals surface area contributed by atoms with E-state index in [0.717, 1.165) is 23.9 Å². The van der Waals surface area contributed by atoms with Crippen molar-refractivity contribution in [3.63, 3.8) is 0 Å². The Morgan fingerprint density at radius 3 is 2.82 bits per heavy atom. The molecule has 1 aliphatic carbocycles.